The second-order valence-corrected chi connectivity index (χ2v) is 6.02. The highest BCUT2D eigenvalue weighted by Crippen LogP contribution is 2.33. The monoisotopic (exact) mass is 339 g/mol. The Balaban J connectivity index is 2.19. The molecule has 24 heavy (non-hydrogen) atoms. The maximum absolute atomic E-state index is 12.0. The first-order valence-electron chi connectivity index (χ1n) is 7.49. The topological polar surface area (TPSA) is 42.7 Å². The summed E-state index contributed by atoms with van der Waals surface area (Å²) in [4.78, 5) is 13.7. The summed E-state index contributed by atoms with van der Waals surface area (Å²) in [6.45, 7) is 1.85. The highest BCUT2D eigenvalue weighted by atomic mass is 32.1. The fourth-order valence-electron chi connectivity index (χ4n) is 2.50. The quantitative estimate of drug-likeness (QED) is 0.522. The standard InChI is InChI=1S/C19H17NO3S/c1-12-16(22-19(24)20(2)3)10-9-14-15(11-17(21)23-18(12)14)13-7-5-4-6-8-13/h4-11H,1-3H3. The van der Waals surface area contributed by atoms with Crippen LogP contribution in [0, 0.1) is 6.92 Å². The fraction of sp³-hybridized carbons (Fsp3) is 0.158. The molecule has 122 valence electrons. The van der Waals surface area contributed by atoms with Gasteiger partial charge >= 0.3 is 5.63 Å². The van der Waals surface area contributed by atoms with Gasteiger partial charge in [0.15, 0.2) is 0 Å². The summed E-state index contributed by atoms with van der Waals surface area (Å²) in [5, 5.41) is 1.21. The van der Waals surface area contributed by atoms with Crippen molar-refractivity contribution in [2.24, 2.45) is 0 Å². The minimum atomic E-state index is -0.392. The van der Waals surface area contributed by atoms with E-state index in [1.165, 1.54) is 6.07 Å². The minimum absolute atomic E-state index is 0.346. The zero-order chi connectivity index (χ0) is 17.3. The van der Waals surface area contributed by atoms with Gasteiger partial charge in [0.25, 0.3) is 5.17 Å². The average Bonchev–Trinajstić information content (AvgIpc) is 2.57. The summed E-state index contributed by atoms with van der Waals surface area (Å²) >= 11 is 5.18. The Morgan fingerprint density at radius 3 is 2.50 bits per heavy atom. The molecule has 1 aromatic heterocycles. The summed E-state index contributed by atoms with van der Waals surface area (Å²) in [6, 6.07) is 15.0. The third-order valence-electron chi connectivity index (χ3n) is 3.76. The van der Waals surface area contributed by atoms with Gasteiger partial charge in [0.2, 0.25) is 0 Å². The van der Waals surface area contributed by atoms with E-state index in [0.717, 1.165) is 22.1 Å². The van der Waals surface area contributed by atoms with Crippen LogP contribution in [-0.2, 0) is 0 Å². The Kier molecular flexibility index (Phi) is 4.36. The lowest BCUT2D eigenvalue weighted by Gasteiger charge is -2.16. The van der Waals surface area contributed by atoms with Crippen LogP contribution in [0.1, 0.15) is 5.56 Å². The van der Waals surface area contributed by atoms with Crippen molar-refractivity contribution < 1.29 is 9.15 Å². The number of hydrogen-bond acceptors (Lipinski definition) is 4. The highest BCUT2D eigenvalue weighted by molar-refractivity contribution is 7.80. The molecule has 0 radical (unpaired) electrons. The third-order valence-corrected chi connectivity index (χ3v) is 4.21. The van der Waals surface area contributed by atoms with Crippen LogP contribution in [0.25, 0.3) is 22.1 Å². The summed E-state index contributed by atoms with van der Waals surface area (Å²) < 4.78 is 11.1. The van der Waals surface area contributed by atoms with Crippen molar-refractivity contribution in [3.8, 4) is 16.9 Å². The van der Waals surface area contributed by atoms with Crippen molar-refractivity contribution in [1.29, 1.82) is 0 Å². The van der Waals surface area contributed by atoms with Crippen molar-refractivity contribution >= 4 is 28.4 Å². The summed E-state index contributed by atoms with van der Waals surface area (Å²) in [5.74, 6) is 0.578. The van der Waals surface area contributed by atoms with Crippen LogP contribution < -0.4 is 10.4 Å². The van der Waals surface area contributed by atoms with Gasteiger partial charge in [-0.1, -0.05) is 30.3 Å². The molecule has 0 saturated heterocycles. The number of aryl methyl sites for hydroxylation is 1. The number of ether oxygens (including phenoxy) is 1. The van der Waals surface area contributed by atoms with Gasteiger partial charge < -0.3 is 14.1 Å². The molecule has 0 amide bonds. The molecular formula is C19H17NO3S. The van der Waals surface area contributed by atoms with Crippen LogP contribution in [0.3, 0.4) is 0 Å². The first kappa shape index (κ1) is 16.2. The van der Waals surface area contributed by atoms with Gasteiger partial charge in [-0.3, -0.25) is 0 Å². The summed E-state index contributed by atoms with van der Waals surface area (Å²) in [6.07, 6.45) is 0. The van der Waals surface area contributed by atoms with Crippen LogP contribution in [0.2, 0.25) is 0 Å². The number of rotatable bonds is 2. The molecular weight excluding hydrogens is 322 g/mol. The highest BCUT2D eigenvalue weighted by Gasteiger charge is 2.14. The van der Waals surface area contributed by atoms with E-state index in [-0.39, 0.29) is 0 Å². The van der Waals surface area contributed by atoms with Gasteiger partial charge in [0.05, 0.1) is 0 Å². The van der Waals surface area contributed by atoms with Gasteiger partial charge in [-0.25, -0.2) is 4.79 Å². The molecule has 0 aliphatic heterocycles. The molecule has 0 aliphatic rings. The van der Waals surface area contributed by atoms with Crippen molar-refractivity contribution in [1.82, 2.24) is 4.90 Å². The predicted molar refractivity (Wildman–Crippen MR) is 99.6 cm³/mol. The molecule has 5 heteroatoms. The van der Waals surface area contributed by atoms with Crippen LogP contribution in [0.4, 0.5) is 0 Å². The molecule has 1 heterocycles. The summed E-state index contributed by atoms with van der Waals surface area (Å²) in [5.41, 5.74) is 2.67. The zero-order valence-electron chi connectivity index (χ0n) is 13.7. The van der Waals surface area contributed by atoms with E-state index in [1.54, 1.807) is 4.90 Å². The number of fused-ring (bicyclic) bond motifs is 1. The molecule has 2 aromatic carbocycles. The van der Waals surface area contributed by atoms with Crippen LogP contribution in [-0.4, -0.2) is 24.2 Å². The maximum atomic E-state index is 12.0. The molecule has 0 fully saturated rings. The van der Waals surface area contributed by atoms with Crippen LogP contribution in [0.5, 0.6) is 5.75 Å². The molecule has 0 N–H and O–H groups in total. The number of hydrogen-bond donors (Lipinski definition) is 0. The molecule has 0 atom stereocenters. The molecule has 3 rings (SSSR count). The summed E-state index contributed by atoms with van der Waals surface area (Å²) in [7, 11) is 3.62. The maximum Gasteiger partial charge on any atom is 0.336 e. The zero-order valence-corrected chi connectivity index (χ0v) is 14.5. The van der Waals surface area contributed by atoms with Crippen molar-refractivity contribution in [3.05, 3.63) is 64.5 Å². The van der Waals surface area contributed by atoms with E-state index < -0.39 is 5.63 Å². The lowest BCUT2D eigenvalue weighted by molar-refractivity contribution is 0.446. The van der Waals surface area contributed by atoms with E-state index in [2.05, 4.69) is 0 Å². The largest absolute Gasteiger partial charge is 0.431 e. The lowest BCUT2D eigenvalue weighted by Crippen LogP contribution is -2.25. The molecule has 0 bridgehead atoms. The number of nitrogens with zero attached hydrogens (tertiary/aromatic N) is 1. The predicted octanol–water partition coefficient (Wildman–Crippen LogP) is 3.99. The van der Waals surface area contributed by atoms with E-state index in [0.29, 0.717) is 16.5 Å². The average molecular weight is 339 g/mol. The SMILES string of the molecule is Cc1c(OC(=S)N(C)C)ccc2c(-c3ccccc3)cc(=O)oc12. The van der Waals surface area contributed by atoms with Crippen molar-refractivity contribution in [2.75, 3.05) is 14.1 Å². The molecule has 3 aromatic rings. The number of benzene rings is 2. The normalized spacial score (nSPS) is 10.6. The molecule has 0 unspecified atom stereocenters. The van der Waals surface area contributed by atoms with E-state index in [9.17, 15) is 4.79 Å². The van der Waals surface area contributed by atoms with Crippen LogP contribution >= 0.6 is 12.2 Å². The molecule has 4 nitrogen and oxygen atoms in total. The first-order chi connectivity index (χ1) is 11.5. The van der Waals surface area contributed by atoms with Gasteiger partial charge in [0, 0.05) is 31.1 Å². The second-order valence-electron chi connectivity index (χ2n) is 5.67. The fourth-order valence-corrected chi connectivity index (χ4v) is 2.59. The molecule has 0 spiro atoms. The minimum Gasteiger partial charge on any atom is -0.431 e. The Bertz CT molecular complexity index is 962. The Hall–Kier alpha value is -2.66. The van der Waals surface area contributed by atoms with Gasteiger partial charge in [-0.2, -0.15) is 0 Å². The van der Waals surface area contributed by atoms with Gasteiger partial charge in [0.1, 0.15) is 11.3 Å². The first-order valence-corrected chi connectivity index (χ1v) is 7.90. The second kappa shape index (κ2) is 6.45. The Morgan fingerprint density at radius 2 is 1.83 bits per heavy atom. The Labute approximate surface area is 145 Å². The molecule has 0 saturated carbocycles. The number of thiocarbonyl (C=S) groups is 1. The van der Waals surface area contributed by atoms with Crippen molar-refractivity contribution in [3.63, 3.8) is 0 Å². The van der Waals surface area contributed by atoms with E-state index in [4.69, 9.17) is 21.4 Å². The molecule has 0 aliphatic carbocycles. The van der Waals surface area contributed by atoms with Gasteiger partial charge in [-0.05, 0) is 42.4 Å². The Morgan fingerprint density at radius 1 is 1.12 bits per heavy atom. The van der Waals surface area contributed by atoms with Crippen LogP contribution in [0.15, 0.2) is 57.7 Å². The lowest BCUT2D eigenvalue weighted by atomic mass is 10.0. The van der Waals surface area contributed by atoms with Gasteiger partial charge in [-0.15, -0.1) is 0 Å². The third kappa shape index (κ3) is 3.03. The van der Waals surface area contributed by atoms with E-state index >= 15 is 0 Å². The van der Waals surface area contributed by atoms with E-state index in [1.807, 2.05) is 63.5 Å². The smallest absolute Gasteiger partial charge is 0.336 e. The van der Waals surface area contributed by atoms with Crippen molar-refractivity contribution in [2.45, 2.75) is 6.92 Å².